The molecule has 2 atom stereocenters. The fourth-order valence-electron chi connectivity index (χ4n) is 9.44. The van der Waals surface area contributed by atoms with Gasteiger partial charge < -0.3 is 40.9 Å². The molecule has 1 saturated heterocycles. The van der Waals surface area contributed by atoms with Gasteiger partial charge in [0.1, 0.15) is 23.1 Å². The Labute approximate surface area is 506 Å². The molecular weight excluding hydrogens is 1160 g/mol. The summed E-state index contributed by atoms with van der Waals surface area (Å²) in [4.78, 5) is 58.5. The van der Waals surface area contributed by atoms with Crippen LogP contribution in [0.25, 0.3) is 53.7 Å². The number of hydrogen-bond donors (Lipinski definition) is 4. The molecule has 26 heteroatoms. The summed E-state index contributed by atoms with van der Waals surface area (Å²) < 4.78 is 73.6. The lowest BCUT2D eigenvalue weighted by Crippen LogP contribution is -2.41. The molecule has 0 amide bonds. The van der Waals surface area contributed by atoms with E-state index in [1.165, 1.54) is 49.3 Å². The topological polar surface area (TPSA) is 243 Å². The van der Waals surface area contributed by atoms with Crippen molar-refractivity contribution in [1.82, 2.24) is 39.0 Å². The lowest BCUT2D eigenvalue weighted by atomic mass is 9.80. The summed E-state index contributed by atoms with van der Waals surface area (Å²) in [6.07, 6.45) is 8.12. The number of benzene rings is 4. The summed E-state index contributed by atoms with van der Waals surface area (Å²) in [6, 6.07) is 34.8. The number of halogens is 5. The Hall–Kier alpha value is -10.5. The number of nitrogens with two attached hydrogens (primary N) is 2. The third-order valence-electron chi connectivity index (χ3n) is 14.3. The van der Waals surface area contributed by atoms with Crippen molar-refractivity contribution in [3.63, 3.8) is 0 Å². The van der Waals surface area contributed by atoms with E-state index >= 15 is 0 Å². The number of ether oxygens (including phenoxy) is 2. The minimum atomic E-state index is -3.00. The Bertz CT molecular complexity index is 4390. The molecule has 88 heavy (non-hydrogen) atoms. The van der Waals surface area contributed by atoms with E-state index in [1.54, 1.807) is 51.6 Å². The number of nitrogens with one attached hydrogen (secondary N) is 2. The zero-order valence-corrected chi connectivity index (χ0v) is 48.6. The maximum Gasteiger partial charge on any atom is 0.496 e. The number of nitrogen functional groups attached to an aromatic ring is 2. The maximum atomic E-state index is 14.2. The van der Waals surface area contributed by atoms with Crippen molar-refractivity contribution in [1.29, 1.82) is 0 Å². The highest BCUT2D eigenvalue weighted by Crippen LogP contribution is 2.38. The Morgan fingerprint density at radius 3 is 1.55 bits per heavy atom. The number of para-hydroxylation sites is 2. The quantitative estimate of drug-likeness (QED) is 0.0449. The molecule has 0 bridgehead atoms. The van der Waals surface area contributed by atoms with Gasteiger partial charge in [-0.3, -0.25) is 28.7 Å². The molecule has 0 unspecified atom stereocenters. The molecule has 1 fully saturated rings. The summed E-state index contributed by atoms with van der Waals surface area (Å²) in [7, 11) is -0.640. The third kappa shape index (κ3) is 13.8. The summed E-state index contributed by atoms with van der Waals surface area (Å²) in [6.45, 7) is 20.3. The summed E-state index contributed by atoms with van der Waals surface area (Å²) in [5.41, 5.74) is 14.5. The number of rotatable bonds is 14. The second-order valence-electron chi connectivity index (χ2n) is 20.7. The number of pyridine rings is 4. The first-order valence-electron chi connectivity index (χ1n) is 26.9. The van der Waals surface area contributed by atoms with Crippen LogP contribution in [0.3, 0.4) is 0 Å². The van der Waals surface area contributed by atoms with Crippen molar-refractivity contribution in [2.24, 2.45) is 0 Å². The standard InChI is InChI=1S/C28H21F2N7O2.C22H17ClN6O.C12H16BF2NO3/c1-16(35-25-22(32-2)15-34-28(31)36-25)23-12-17-7-6-10-21(18-11-20(14-33-13-18)39-27(29)30)24(17)26(38)37(23)19-8-4-3-5-9-19;1-13(27-20-17(25-2)12-26-22(24)28-20)18-11-14-7-6-10-16(23)19(14)21(30)29(18)15-8-4-3-5-9-15;1-11(2)12(3,4)19-13(18-11)8-5-9(7-16-6-8)17-10(14)15/h3-16,27H,1H3,(H3,31,34,35,36);3-13H,1H3,(H3,24,26,27,28);5-7,10H,1-4H3/t16-;13-;/m00./s1. The van der Waals surface area contributed by atoms with Crippen LogP contribution in [-0.4, -0.2) is 70.6 Å². The van der Waals surface area contributed by atoms with E-state index in [9.17, 15) is 27.2 Å². The lowest BCUT2D eigenvalue weighted by molar-refractivity contribution is -0.0507. The molecule has 6 aromatic heterocycles. The monoisotopic (exact) mass is 1210 g/mol. The second kappa shape index (κ2) is 26.4. The highest BCUT2D eigenvalue weighted by molar-refractivity contribution is 6.62. The molecule has 0 spiro atoms. The number of alkyl halides is 4. The van der Waals surface area contributed by atoms with E-state index in [2.05, 4.69) is 59.7 Å². The van der Waals surface area contributed by atoms with Crippen molar-refractivity contribution < 1.29 is 36.3 Å². The molecule has 0 aliphatic carbocycles. The Morgan fingerprint density at radius 1 is 0.602 bits per heavy atom. The normalized spacial score (nSPS) is 13.7. The van der Waals surface area contributed by atoms with Crippen LogP contribution in [0, 0.1) is 13.1 Å². The van der Waals surface area contributed by atoms with Crippen molar-refractivity contribution in [2.75, 3.05) is 22.1 Å². The van der Waals surface area contributed by atoms with E-state index in [1.807, 2.05) is 108 Å². The summed E-state index contributed by atoms with van der Waals surface area (Å²) >= 11 is 6.35. The highest BCUT2D eigenvalue weighted by atomic mass is 35.5. The van der Waals surface area contributed by atoms with Gasteiger partial charge in [-0.1, -0.05) is 78.3 Å². The number of fused-ring (bicyclic) bond motifs is 2. The van der Waals surface area contributed by atoms with Gasteiger partial charge in [-0.2, -0.15) is 17.6 Å². The molecule has 446 valence electrons. The molecule has 10 aromatic rings. The van der Waals surface area contributed by atoms with Gasteiger partial charge in [0.2, 0.25) is 23.3 Å². The molecule has 6 N–H and O–H groups in total. The predicted octanol–water partition coefficient (Wildman–Crippen LogP) is 12.5. The summed E-state index contributed by atoms with van der Waals surface area (Å²) in [5, 5.41) is 8.97. The third-order valence-corrected chi connectivity index (χ3v) is 14.6. The van der Waals surface area contributed by atoms with Gasteiger partial charge in [0.15, 0.2) is 0 Å². The SMILES string of the molecule is CC1(C)OB(c2cncc(OC(F)F)c2)OC1(C)C.[C-]#[N+]c1cnc(N)nc1N[C@@H](C)c1cc2cccc(-c3cncc(OC(F)F)c3)c2c(=O)n1-c1ccccc1.[C-]#[N+]c1cnc(N)nc1N[C@@H](C)c1cc2cccc(Cl)c2c(=O)n1-c1ccccc1. The Morgan fingerprint density at radius 2 is 1.06 bits per heavy atom. The molecular formula is C62H54BClF4N14O6. The van der Waals surface area contributed by atoms with Crippen LogP contribution in [0.1, 0.15) is 65.0 Å². The van der Waals surface area contributed by atoms with Crippen LogP contribution in [0.15, 0.2) is 168 Å². The van der Waals surface area contributed by atoms with E-state index in [0.29, 0.717) is 66.4 Å². The van der Waals surface area contributed by atoms with Crippen LogP contribution in [0.2, 0.25) is 5.02 Å². The molecule has 11 rings (SSSR count). The van der Waals surface area contributed by atoms with Gasteiger partial charge >= 0.3 is 20.3 Å². The first-order valence-corrected chi connectivity index (χ1v) is 27.3. The molecule has 0 saturated carbocycles. The average molecular weight is 1210 g/mol. The van der Waals surface area contributed by atoms with Crippen LogP contribution >= 0.6 is 11.6 Å². The second-order valence-corrected chi connectivity index (χ2v) is 21.1. The molecule has 4 aromatic carbocycles. The number of hydrogen-bond acceptors (Lipinski definition) is 16. The van der Waals surface area contributed by atoms with Crippen molar-refractivity contribution in [3.8, 4) is 34.0 Å². The minimum Gasteiger partial charge on any atom is -0.433 e. The van der Waals surface area contributed by atoms with E-state index < -0.39 is 37.6 Å². The first-order chi connectivity index (χ1) is 42.1. The first kappa shape index (κ1) is 62.1. The number of aromatic nitrogens is 8. The Kier molecular flexibility index (Phi) is 18.6. The molecule has 7 heterocycles. The molecule has 1 aliphatic rings. The fraction of sp³-hybridized carbons (Fsp3) is 0.194. The van der Waals surface area contributed by atoms with E-state index in [-0.39, 0.29) is 57.7 Å². The van der Waals surface area contributed by atoms with Gasteiger partial charge in [0, 0.05) is 58.6 Å². The predicted molar refractivity (Wildman–Crippen MR) is 330 cm³/mol. The Balaban J connectivity index is 0.000000167. The van der Waals surface area contributed by atoms with Crippen molar-refractivity contribution >= 4 is 80.6 Å². The lowest BCUT2D eigenvalue weighted by Gasteiger charge is -2.32. The van der Waals surface area contributed by atoms with Gasteiger partial charge in [-0.05, 0) is 112 Å². The van der Waals surface area contributed by atoms with Crippen LogP contribution in [0.5, 0.6) is 11.5 Å². The largest absolute Gasteiger partial charge is 0.496 e. The maximum absolute atomic E-state index is 14.2. The van der Waals surface area contributed by atoms with Crippen LogP contribution in [0.4, 0.5) is 52.5 Å². The van der Waals surface area contributed by atoms with E-state index in [4.69, 9.17) is 45.5 Å². The van der Waals surface area contributed by atoms with Gasteiger partial charge in [0.05, 0.1) is 64.6 Å². The van der Waals surface area contributed by atoms with Gasteiger partial charge in [-0.25, -0.2) is 29.6 Å². The molecule has 0 radical (unpaired) electrons. The highest BCUT2D eigenvalue weighted by Gasteiger charge is 2.52. The smallest absolute Gasteiger partial charge is 0.433 e. The minimum absolute atomic E-state index is 0.00682. The van der Waals surface area contributed by atoms with Gasteiger partial charge in [0.25, 0.3) is 11.1 Å². The van der Waals surface area contributed by atoms with Crippen molar-refractivity contribution in [3.05, 3.63) is 218 Å². The fourth-order valence-corrected chi connectivity index (χ4v) is 9.71. The molecule has 1 aliphatic heterocycles. The van der Waals surface area contributed by atoms with Gasteiger partial charge in [-0.15, -0.1) is 0 Å². The zero-order chi connectivity index (χ0) is 63.0. The molecule has 20 nitrogen and oxygen atoms in total. The number of nitrogens with zero attached hydrogens (tertiary/aromatic N) is 10. The summed E-state index contributed by atoms with van der Waals surface area (Å²) in [5.74, 6) is 0.491. The average Bonchev–Trinajstić information content (AvgIpc) is 1.99. The van der Waals surface area contributed by atoms with Crippen LogP contribution < -0.4 is 48.2 Å². The van der Waals surface area contributed by atoms with E-state index in [0.717, 1.165) is 5.39 Å². The number of anilines is 4. The van der Waals surface area contributed by atoms with Crippen molar-refractivity contribution in [2.45, 2.75) is 78.1 Å². The zero-order valence-electron chi connectivity index (χ0n) is 47.9. The van der Waals surface area contributed by atoms with Crippen LogP contribution in [-0.2, 0) is 9.31 Å².